The number of carbonyl (C=O) groups excluding carboxylic acids is 2. The fraction of sp³-hybridized carbons (Fsp3) is 0.474. The summed E-state index contributed by atoms with van der Waals surface area (Å²) in [4.78, 5) is 36.0. The largest absolute Gasteiger partial charge is 0.478 e. The van der Waals surface area contributed by atoms with Gasteiger partial charge in [0.15, 0.2) is 11.6 Å². The number of carbonyl (C=O) groups is 3. The molecule has 0 spiro atoms. The number of carboxylic acid groups (broad SMARTS) is 1. The second kappa shape index (κ2) is 5.01. The second-order valence-electron chi connectivity index (χ2n) is 7.59. The Morgan fingerprint density at radius 3 is 2.54 bits per heavy atom. The van der Waals surface area contributed by atoms with E-state index in [9.17, 15) is 24.8 Å². The lowest BCUT2D eigenvalue weighted by molar-refractivity contribution is -0.134. The summed E-state index contributed by atoms with van der Waals surface area (Å²) in [5.41, 5.74) is -0.536. The fourth-order valence-corrected chi connectivity index (χ4v) is 4.76. The van der Waals surface area contributed by atoms with E-state index in [1.807, 2.05) is 26.8 Å². The Kier molecular flexibility index (Phi) is 3.42. The van der Waals surface area contributed by atoms with Crippen molar-refractivity contribution < 1.29 is 19.5 Å². The topological polar surface area (TPSA) is 95.2 Å². The van der Waals surface area contributed by atoms with Crippen molar-refractivity contribution in [2.24, 2.45) is 22.7 Å². The standard InChI is InChI=1S/C19H19NO4/c1-18(2)15-5-4-10-6-12(17(23)24)14(21)7-13(10)19(15,3)8-11(9-20)16(18)22/h6-8,10,15H,4-5H2,1-3H3,(H,23,24)/t10?,15-,19+/m0/s1. The molecule has 5 heteroatoms. The summed E-state index contributed by atoms with van der Waals surface area (Å²) < 4.78 is 0. The molecule has 1 saturated carbocycles. The van der Waals surface area contributed by atoms with Crippen LogP contribution in [0.15, 0.2) is 34.9 Å². The Hall–Kier alpha value is -2.48. The summed E-state index contributed by atoms with van der Waals surface area (Å²) in [5.74, 6) is -2.05. The van der Waals surface area contributed by atoms with Crippen LogP contribution < -0.4 is 0 Å². The van der Waals surface area contributed by atoms with Crippen LogP contribution in [0.5, 0.6) is 0 Å². The Balaban J connectivity index is 2.17. The number of carboxylic acids is 1. The third-order valence-electron chi connectivity index (χ3n) is 5.93. The number of nitriles is 1. The molecule has 0 aliphatic heterocycles. The van der Waals surface area contributed by atoms with E-state index in [0.717, 1.165) is 12.0 Å². The molecule has 3 aliphatic rings. The van der Waals surface area contributed by atoms with E-state index in [4.69, 9.17) is 0 Å². The quantitative estimate of drug-likeness (QED) is 0.748. The maximum Gasteiger partial charge on any atom is 0.339 e. The van der Waals surface area contributed by atoms with E-state index in [1.54, 1.807) is 6.08 Å². The van der Waals surface area contributed by atoms with Gasteiger partial charge < -0.3 is 5.11 Å². The Morgan fingerprint density at radius 2 is 1.96 bits per heavy atom. The van der Waals surface area contributed by atoms with Gasteiger partial charge in [0.25, 0.3) is 0 Å². The molecule has 124 valence electrons. The van der Waals surface area contributed by atoms with Crippen molar-refractivity contribution in [3.05, 3.63) is 34.9 Å². The van der Waals surface area contributed by atoms with E-state index in [1.165, 1.54) is 12.2 Å². The molecular weight excluding hydrogens is 306 g/mol. The number of Topliss-reactive ketones (excluding diaryl/α,β-unsaturated/α-hetero) is 1. The van der Waals surface area contributed by atoms with E-state index >= 15 is 0 Å². The Morgan fingerprint density at radius 1 is 1.29 bits per heavy atom. The van der Waals surface area contributed by atoms with Crippen LogP contribution in [0.1, 0.15) is 33.6 Å². The number of aliphatic carboxylic acids is 1. The van der Waals surface area contributed by atoms with Crippen molar-refractivity contribution in [2.75, 3.05) is 0 Å². The molecule has 3 aliphatic carbocycles. The van der Waals surface area contributed by atoms with Crippen LogP contribution >= 0.6 is 0 Å². The van der Waals surface area contributed by atoms with Gasteiger partial charge in [-0.2, -0.15) is 5.26 Å². The summed E-state index contributed by atoms with van der Waals surface area (Å²) in [6.45, 7) is 5.66. The summed E-state index contributed by atoms with van der Waals surface area (Å²) in [7, 11) is 0. The van der Waals surface area contributed by atoms with Gasteiger partial charge in [0, 0.05) is 16.7 Å². The average molecular weight is 325 g/mol. The molecule has 0 amide bonds. The van der Waals surface area contributed by atoms with E-state index in [-0.39, 0.29) is 28.8 Å². The van der Waals surface area contributed by atoms with Crippen LogP contribution in [0.4, 0.5) is 0 Å². The van der Waals surface area contributed by atoms with E-state index in [2.05, 4.69) is 0 Å². The highest BCUT2D eigenvalue weighted by atomic mass is 16.4. The number of nitrogens with zero attached hydrogens (tertiary/aromatic N) is 1. The monoisotopic (exact) mass is 325 g/mol. The molecule has 0 bridgehead atoms. The predicted octanol–water partition coefficient (Wildman–Crippen LogP) is 2.60. The minimum Gasteiger partial charge on any atom is -0.478 e. The van der Waals surface area contributed by atoms with Crippen LogP contribution in [-0.4, -0.2) is 22.6 Å². The zero-order valence-electron chi connectivity index (χ0n) is 13.9. The Labute approximate surface area is 140 Å². The summed E-state index contributed by atoms with van der Waals surface area (Å²) >= 11 is 0. The molecular formula is C19H19NO4. The van der Waals surface area contributed by atoms with Gasteiger partial charge >= 0.3 is 5.97 Å². The number of fused-ring (bicyclic) bond motifs is 3. The number of allylic oxidation sites excluding steroid dienone is 5. The van der Waals surface area contributed by atoms with Crippen LogP contribution in [0.25, 0.3) is 0 Å². The smallest absolute Gasteiger partial charge is 0.339 e. The minimum absolute atomic E-state index is 0.0234. The second-order valence-corrected chi connectivity index (χ2v) is 7.59. The highest BCUT2D eigenvalue weighted by Gasteiger charge is 2.56. The molecule has 1 unspecified atom stereocenters. The van der Waals surface area contributed by atoms with E-state index in [0.29, 0.717) is 6.42 Å². The van der Waals surface area contributed by atoms with Gasteiger partial charge in [0.05, 0.1) is 5.57 Å². The van der Waals surface area contributed by atoms with Gasteiger partial charge in [0.1, 0.15) is 11.6 Å². The average Bonchev–Trinajstić information content (AvgIpc) is 2.51. The molecule has 0 saturated heterocycles. The summed E-state index contributed by atoms with van der Waals surface area (Å²) in [5, 5.41) is 18.5. The molecule has 1 fully saturated rings. The first kappa shape index (κ1) is 16.4. The van der Waals surface area contributed by atoms with Crippen molar-refractivity contribution in [3.63, 3.8) is 0 Å². The van der Waals surface area contributed by atoms with Crippen LogP contribution in [-0.2, 0) is 14.4 Å². The first-order valence-electron chi connectivity index (χ1n) is 8.02. The van der Waals surface area contributed by atoms with Gasteiger partial charge in [-0.05, 0) is 30.4 Å². The first-order chi connectivity index (χ1) is 11.1. The van der Waals surface area contributed by atoms with Gasteiger partial charge in [-0.15, -0.1) is 0 Å². The Bertz CT molecular complexity index is 806. The number of hydrogen-bond acceptors (Lipinski definition) is 4. The van der Waals surface area contributed by atoms with Gasteiger partial charge in [-0.3, -0.25) is 9.59 Å². The number of rotatable bonds is 1. The zero-order valence-corrected chi connectivity index (χ0v) is 13.9. The normalized spacial score (nSPS) is 34.2. The molecule has 0 aromatic carbocycles. The highest BCUT2D eigenvalue weighted by Crippen LogP contribution is 2.59. The molecule has 0 aromatic rings. The van der Waals surface area contributed by atoms with Crippen molar-refractivity contribution in [3.8, 4) is 6.07 Å². The highest BCUT2D eigenvalue weighted by molar-refractivity contribution is 6.22. The van der Waals surface area contributed by atoms with Crippen molar-refractivity contribution in [1.29, 1.82) is 5.26 Å². The predicted molar refractivity (Wildman–Crippen MR) is 85.6 cm³/mol. The van der Waals surface area contributed by atoms with Gasteiger partial charge in [-0.1, -0.05) is 32.9 Å². The maximum absolute atomic E-state index is 12.6. The van der Waals surface area contributed by atoms with Crippen LogP contribution in [0.3, 0.4) is 0 Å². The lowest BCUT2D eigenvalue weighted by Gasteiger charge is -2.53. The lowest BCUT2D eigenvalue weighted by atomic mass is 9.48. The van der Waals surface area contributed by atoms with Crippen LogP contribution in [0, 0.1) is 34.0 Å². The van der Waals surface area contributed by atoms with E-state index < -0.39 is 22.6 Å². The maximum atomic E-state index is 12.6. The van der Waals surface area contributed by atoms with Crippen molar-refractivity contribution in [1.82, 2.24) is 0 Å². The first-order valence-corrected chi connectivity index (χ1v) is 8.02. The number of ketones is 2. The minimum atomic E-state index is -1.21. The SMILES string of the molecule is CC1(C)C(=O)C(C#N)=C[C@]2(C)C3=CC(=O)C(C(=O)O)=CC3CC[C@@H]12. The van der Waals surface area contributed by atoms with Gasteiger partial charge in [-0.25, -0.2) is 4.79 Å². The van der Waals surface area contributed by atoms with Crippen molar-refractivity contribution in [2.45, 2.75) is 33.6 Å². The molecule has 24 heavy (non-hydrogen) atoms. The molecule has 5 nitrogen and oxygen atoms in total. The van der Waals surface area contributed by atoms with Crippen molar-refractivity contribution >= 4 is 17.5 Å². The molecule has 1 N–H and O–H groups in total. The third-order valence-corrected chi connectivity index (χ3v) is 5.93. The molecule has 0 aromatic heterocycles. The molecule has 0 heterocycles. The molecule has 3 rings (SSSR count). The number of hydrogen-bond donors (Lipinski definition) is 1. The van der Waals surface area contributed by atoms with Crippen LogP contribution in [0.2, 0.25) is 0 Å². The molecule has 0 radical (unpaired) electrons. The lowest BCUT2D eigenvalue weighted by Crippen LogP contribution is -2.51. The van der Waals surface area contributed by atoms with Gasteiger partial charge in [0.2, 0.25) is 0 Å². The molecule has 3 atom stereocenters. The fourth-order valence-electron chi connectivity index (χ4n) is 4.76. The summed E-state index contributed by atoms with van der Waals surface area (Å²) in [6, 6.07) is 1.99. The third kappa shape index (κ3) is 2.02. The summed E-state index contributed by atoms with van der Waals surface area (Å²) in [6.07, 6.45) is 6.07. The zero-order chi connectivity index (χ0) is 17.9.